The second-order valence-corrected chi connectivity index (χ2v) is 3.83. The molecule has 7 heteroatoms. The van der Waals surface area contributed by atoms with E-state index in [-0.39, 0.29) is 11.4 Å². The highest BCUT2D eigenvalue weighted by molar-refractivity contribution is 6.02. The van der Waals surface area contributed by atoms with Crippen LogP contribution in [0.2, 0.25) is 0 Å². The van der Waals surface area contributed by atoms with Gasteiger partial charge in [0.2, 0.25) is 0 Å². The van der Waals surface area contributed by atoms with Gasteiger partial charge in [0.1, 0.15) is 10.7 Å². The van der Waals surface area contributed by atoms with Gasteiger partial charge in [-0.3, -0.25) is 14.9 Å². The van der Waals surface area contributed by atoms with Crippen LogP contribution in [0.25, 0.3) is 0 Å². The van der Waals surface area contributed by atoms with Crippen LogP contribution in [0.15, 0.2) is 34.7 Å². The van der Waals surface area contributed by atoms with Crippen LogP contribution >= 0.6 is 0 Å². The van der Waals surface area contributed by atoms with Crippen molar-refractivity contribution in [3.8, 4) is 0 Å². The molecule has 1 amide bonds. The van der Waals surface area contributed by atoms with E-state index in [2.05, 4.69) is 5.32 Å². The SMILES string of the molecule is Cc1ccc(NC(=O)c2ccc([N+](=O)[O-])o2)c(F)c1. The number of hydrogen-bond donors (Lipinski definition) is 1. The van der Waals surface area contributed by atoms with Gasteiger partial charge in [0, 0.05) is 0 Å². The van der Waals surface area contributed by atoms with E-state index in [9.17, 15) is 19.3 Å². The lowest BCUT2D eigenvalue weighted by Crippen LogP contribution is -2.12. The van der Waals surface area contributed by atoms with E-state index in [1.165, 1.54) is 12.1 Å². The van der Waals surface area contributed by atoms with Crippen molar-refractivity contribution in [2.45, 2.75) is 6.92 Å². The molecule has 0 radical (unpaired) electrons. The Bertz CT molecular complexity index is 651. The third kappa shape index (κ3) is 2.76. The Morgan fingerprint density at radius 3 is 2.68 bits per heavy atom. The Kier molecular flexibility index (Phi) is 3.28. The lowest BCUT2D eigenvalue weighted by Gasteiger charge is -2.04. The van der Waals surface area contributed by atoms with Crippen LogP contribution in [0.5, 0.6) is 0 Å². The predicted octanol–water partition coefficient (Wildman–Crippen LogP) is 2.89. The van der Waals surface area contributed by atoms with E-state index >= 15 is 0 Å². The van der Waals surface area contributed by atoms with Crippen molar-refractivity contribution in [2.24, 2.45) is 0 Å². The lowest BCUT2D eigenvalue weighted by molar-refractivity contribution is -0.402. The Hall–Kier alpha value is -2.70. The summed E-state index contributed by atoms with van der Waals surface area (Å²) in [6, 6.07) is 6.50. The van der Waals surface area contributed by atoms with Crippen LogP contribution < -0.4 is 5.32 Å². The first-order chi connectivity index (χ1) is 8.97. The van der Waals surface area contributed by atoms with E-state index in [0.29, 0.717) is 5.56 Å². The summed E-state index contributed by atoms with van der Waals surface area (Å²) in [6.45, 7) is 1.71. The molecule has 0 saturated heterocycles. The summed E-state index contributed by atoms with van der Waals surface area (Å²) in [5.74, 6) is -2.15. The van der Waals surface area contributed by atoms with Crippen molar-refractivity contribution in [3.05, 3.63) is 57.6 Å². The minimum Gasteiger partial charge on any atom is -0.395 e. The van der Waals surface area contributed by atoms with E-state index < -0.39 is 22.5 Å². The van der Waals surface area contributed by atoms with Crippen LogP contribution in [0.4, 0.5) is 16.0 Å². The summed E-state index contributed by atoms with van der Waals surface area (Å²) >= 11 is 0. The van der Waals surface area contributed by atoms with Crippen LogP contribution in [0, 0.1) is 22.9 Å². The normalized spacial score (nSPS) is 10.2. The summed E-state index contributed by atoms with van der Waals surface area (Å²) in [6.07, 6.45) is 0. The van der Waals surface area contributed by atoms with E-state index in [4.69, 9.17) is 4.42 Å². The van der Waals surface area contributed by atoms with Crippen molar-refractivity contribution in [2.75, 3.05) is 5.32 Å². The largest absolute Gasteiger partial charge is 0.433 e. The third-order valence-corrected chi connectivity index (χ3v) is 2.37. The Labute approximate surface area is 107 Å². The molecular formula is C12H9FN2O4. The van der Waals surface area contributed by atoms with Crippen LogP contribution in [0.1, 0.15) is 16.1 Å². The molecule has 1 N–H and O–H groups in total. The van der Waals surface area contributed by atoms with Crippen LogP contribution in [-0.2, 0) is 0 Å². The molecule has 0 atom stereocenters. The number of halogens is 1. The maximum atomic E-state index is 13.5. The molecule has 0 unspecified atom stereocenters. The summed E-state index contributed by atoms with van der Waals surface area (Å²) in [5.41, 5.74) is 0.693. The van der Waals surface area contributed by atoms with E-state index in [0.717, 1.165) is 12.1 Å². The highest BCUT2D eigenvalue weighted by Gasteiger charge is 2.18. The molecule has 1 aromatic heterocycles. The molecule has 0 bridgehead atoms. The van der Waals surface area contributed by atoms with Gasteiger partial charge in [-0.25, -0.2) is 4.39 Å². The van der Waals surface area contributed by atoms with Crippen molar-refractivity contribution in [3.63, 3.8) is 0 Å². The molecule has 0 aliphatic carbocycles. The number of furan rings is 1. The van der Waals surface area contributed by atoms with Crippen LogP contribution in [0.3, 0.4) is 0 Å². The molecule has 0 spiro atoms. The molecule has 98 valence electrons. The number of carbonyl (C=O) groups is 1. The van der Waals surface area contributed by atoms with Gasteiger partial charge in [0.05, 0.1) is 11.8 Å². The number of hydrogen-bond acceptors (Lipinski definition) is 4. The molecule has 2 rings (SSSR count). The van der Waals surface area contributed by atoms with Gasteiger partial charge in [-0.1, -0.05) is 6.07 Å². The number of nitro groups is 1. The standard InChI is InChI=1S/C12H9FN2O4/c1-7-2-3-9(8(13)6-7)14-12(16)10-4-5-11(19-10)15(17)18/h2-6H,1H3,(H,14,16). The van der Waals surface area contributed by atoms with Crippen LogP contribution in [-0.4, -0.2) is 10.8 Å². The van der Waals surface area contributed by atoms with Crippen molar-refractivity contribution >= 4 is 17.5 Å². The quantitative estimate of drug-likeness (QED) is 0.682. The molecule has 0 saturated carbocycles. The molecule has 2 aromatic rings. The van der Waals surface area contributed by atoms with Gasteiger partial charge in [0.15, 0.2) is 5.76 Å². The lowest BCUT2D eigenvalue weighted by atomic mass is 10.2. The summed E-state index contributed by atoms with van der Waals surface area (Å²) < 4.78 is 18.2. The van der Waals surface area contributed by atoms with Crippen molar-refractivity contribution < 1.29 is 18.5 Å². The second kappa shape index (κ2) is 4.89. The van der Waals surface area contributed by atoms with E-state index in [1.807, 2.05) is 0 Å². The molecular weight excluding hydrogens is 255 g/mol. The van der Waals surface area contributed by atoms with Crippen molar-refractivity contribution in [1.82, 2.24) is 0 Å². The number of nitrogens with zero attached hydrogens (tertiary/aromatic N) is 1. The fourth-order valence-corrected chi connectivity index (χ4v) is 1.45. The Morgan fingerprint density at radius 2 is 2.11 bits per heavy atom. The molecule has 0 fully saturated rings. The maximum absolute atomic E-state index is 13.5. The zero-order valence-corrected chi connectivity index (χ0v) is 9.84. The molecule has 1 aromatic carbocycles. The number of amides is 1. The topological polar surface area (TPSA) is 85.4 Å². The fourth-order valence-electron chi connectivity index (χ4n) is 1.45. The average molecular weight is 264 g/mol. The second-order valence-electron chi connectivity index (χ2n) is 3.83. The number of carbonyl (C=O) groups excluding carboxylic acids is 1. The summed E-state index contributed by atoms with van der Waals surface area (Å²) in [4.78, 5) is 21.3. The molecule has 6 nitrogen and oxygen atoms in total. The fraction of sp³-hybridized carbons (Fsp3) is 0.0833. The van der Waals surface area contributed by atoms with Gasteiger partial charge in [-0.2, -0.15) is 0 Å². The Balaban J connectivity index is 2.18. The third-order valence-electron chi connectivity index (χ3n) is 2.37. The minimum absolute atomic E-state index is 0.0188. The molecule has 0 aliphatic rings. The van der Waals surface area contributed by atoms with Crippen molar-refractivity contribution in [1.29, 1.82) is 0 Å². The number of rotatable bonds is 3. The van der Waals surface area contributed by atoms with Gasteiger partial charge < -0.3 is 9.73 Å². The first-order valence-electron chi connectivity index (χ1n) is 5.29. The zero-order valence-electron chi connectivity index (χ0n) is 9.84. The highest BCUT2D eigenvalue weighted by atomic mass is 19.1. The number of benzene rings is 1. The van der Waals surface area contributed by atoms with Gasteiger partial charge in [-0.15, -0.1) is 0 Å². The first-order valence-corrected chi connectivity index (χ1v) is 5.29. The maximum Gasteiger partial charge on any atom is 0.433 e. The van der Waals surface area contributed by atoms with Gasteiger partial charge in [0.25, 0.3) is 5.91 Å². The zero-order chi connectivity index (χ0) is 14.0. The minimum atomic E-state index is -0.761. The molecule has 19 heavy (non-hydrogen) atoms. The first kappa shape index (κ1) is 12.7. The number of anilines is 1. The predicted molar refractivity (Wildman–Crippen MR) is 64.5 cm³/mol. The summed E-state index contributed by atoms with van der Waals surface area (Å²) in [7, 11) is 0. The number of nitrogens with one attached hydrogen (secondary N) is 1. The molecule has 0 aliphatic heterocycles. The number of aryl methyl sites for hydroxylation is 1. The van der Waals surface area contributed by atoms with Gasteiger partial charge >= 0.3 is 5.88 Å². The average Bonchev–Trinajstić information content (AvgIpc) is 2.82. The highest BCUT2D eigenvalue weighted by Crippen LogP contribution is 2.19. The van der Waals surface area contributed by atoms with Gasteiger partial charge in [-0.05, 0) is 30.7 Å². The Morgan fingerprint density at radius 1 is 1.37 bits per heavy atom. The summed E-state index contributed by atoms with van der Waals surface area (Å²) in [5, 5.41) is 12.7. The monoisotopic (exact) mass is 264 g/mol. The molecule has 1 heterocycles. The smallest absolute Gasteiger partial charge is 0.395 e. The van der Waals surface area contributed by atoms with E-state index in [1.54, 1.807) is 13.0 Å².